The van der Waals surface area contributed by atoms with Crippen molar-refractivity contribution in [3.8, 4) is 0 Å². The molecule has 19 heteroatoms. The summed E-state index contributed by atoms with van der Waals surface area (Å²) in [6, 6.07) is -0.911. The molecule has 0 spiro atoms. The van der Waals surface area contributed by atoms with E-state index in [9.17, 15) is 61.0 Å². The minimum atomic E-state index is -1.98. The Morgan fingerprint density at radius 1 is 0.435 bits per heavy atom. The molecule has 85 heavy (non-hydrogen) atoms. The molecule has 0 aromatic carbocycles. The van der Waals surface area contributed by atoms with Crippen LogP contribution in [0.2, 0.25) is 0 Å². The fraction of sp³-hybridized carbons (Fsp3) is 0.712. The first kappa shape index (κ1) is 75.7. The SMILES string of the molecule is CC/C=C\C/C=C\C/C=C\C/C=C\C/C=C\C/C=C\C/C=C\C/C=C\C/C=C\CCCCCC(=O)NC(COC1OC(CO)C(OC2OC(CO)C(OC3OC(CO)C(O)C(O)C3O)C(O)C2O)C(O)C1O)C(O)CCCCCCCCCCC. The van der Waals surface area contributed by atoms with Crippen LogP contribution in [0.1, 0.15) is 168 Å². The van der Waals surface area contributed by atoms with E-state index in [-0.39, 0.29) is 18.9 Å². The van der Waals surface area contributed by atoms with Crippen molar-refractivity contribution in [3.63, 3.8) is 0 Å². The standard InChI is InChI=1S/C66H109NO18/c1-3-5-7-9-11-13-14-15-16-17-18-19-20-21-22-23-24-25-26-27-28-29-30-31-32-33-34-36-38-40-42-44-54(72)67-49(50(71)43-41-39-37-35-12-10-8-6-4-2)48-80-64-60(78)57(75)62(52(46-69)82-64)85-66-61(79)58(76)63(53(47-70)83-66)84-65-59(77)56(74)55(73)51(45-68)81-65/h5,7,11,13,15-16,18-19,21-22,24-25,27-28,30-31,33-34,49-53,55-66,68-71,73-79H,3-4,6,8-10,12,14,17,20,23,26,29,32,35-48H2,1-2H3,(H,67,72)/b7-5-,13-11-,16-15-,19-18-,22-21-,25-24-,28-27-,31-30-,34-33-. The second-order valence-electron chi connectivity index (χ2n) is 22.1. The Kier molecular flexibility index (Phi) is 42.3. The Morgan fingerprint density at radius 3 is 1.26 bits per heavy atom. The highest BCUT2D eigenvalue weighted by atomic mass is 16.8. The number of unbranched alkanes of at least 4 members (excludes halogenated alkanes) is 11. The maximum Gasteiger partial charge on any atom is 0.220 e. The Morgan fingerprint density at radius 2 is 0.812 bits per heavy atom. The number of ether oxygens (including phenoxy) is 6. The van der Waals surface area contributed by atoms with E-state index in [1.165, 1.54) is 25.7 Å². The number of rotatable bonds is 45. The summed E-state index contributed by atoms with van der Waals surface area (Å²) in [5, 5.41) is 120. The third-order valence-electron chi connectivity index (χ3n) is 15.1. The normalized spacial score (nSPS) is 29.7. The van der Waals surface area contributed by atoms with Crippen LogP contribution in [0.5, 0.6) is 0 Å². The van der Waals surface area contributed by atoms with Crippen LogP contribution in [0.25, 0.3) is 0 Å². The van der Waals surface area contributed by atoms with Gasteiger partial charge in [0.1, 0.15) is 73.2 Å². The summed E-state index contributed by atoms with van der Waals surface area (Å²) in [5.41, 5.74) is 0. The molecule has 486 valence electrons. The lowest BCUT2D eigenvalue weighted by Crippen LogP contribution is -2.66. The van der Waals surface area contributed by atoms with E-state index in [0.717, 1.165) is 103 Å². The van der Waals surface area contributed by atoms with Crippen molar-refractivity contribution in [2.75, 3.05) is 26.4 Å². The maximum absolute atomic E-state index is 13.3. The lowest BCUT2D eigenvalue weighted by Gasteiger charge is -2.48. The van der Waals surface area contributed by atoms with Crippen molar-refractivity contribution in [3.05, 3.63) is 109 Å². The van der Waals surface area contributed by atoms with Gasteiger partial charge in [-0.2, -0.15) is 0 Å². The number of hydrogen-bond donors (Lipinski definition) is 12. The number of aliphatic hydroxyl groups excluding tert-OH is 11. The van der Waals surface area contributed by atoms with E-state index < -0.39 is 124 Å². The van der Waals surface area contributed by atoms with Gasteiger partial charge in [0.05, 0.1) is 38.6 Å². The lowest BCUT2D eigenvalue weighted by molar-refractivity contribution is -0.379. The zero-order valence-corrected chi connectivity index (χ0v) is 50.8. The summed E-state index contributed by atoms with van der Waals surface area (Å²) in [7, 11) is 0. The van der Waals surface area contributed by atoms with Gasteiger partial charge in [0.2, 0.25) is 5.91 Å². The molecule has 19 nitrogen and oxygen atoms in total. The number of allylic oxidation sites excluding steroid dienone is 18. The predicted octanol–water partition coefficient (Wildman–Crippen LogP) is 6.71. The van der Waals surface area contributed by atoms with Crippen LogP contribution in [-0.2, 0) is 33.2 Å². The average Bonchev–Trinajstić information content (AvgIpc) is 2.29. The molecule has 0 saturated carbocycles. The van der Waals surface area contributed by atoms with Crippen LogP contribution in [-0.4, -0.2) is 193 Å². The van der Waals surface area contributed by atoms with Crippen LogP contribution in [0.3, 0.4) is 0 Å². The quantitative estimate of drug-likeness (QED) is 0.0223. The molecule has 3 heterocycles. The highest BCUT2D eigenvalue weighted by molar-refractivity contribution is 5.76. The molecule has 17 atom stereocenters. The van der Waals surface area contributed by atoms with Gasteiger partial charge in [0.15, 0.2) is 18.9 Å². The fourth-order valence-corrected chi connectivity index (χ4v) is 9.95. The second-order valence-corrected chi connectivity index (χ2v) is 22.1. The smallest absolute Gasteiger partial charge is 0.220 e. The van der Waals surface area contributed by atoms with Gasteiger partial charge in [-0.05, 0) is 83.5 Å². The number of carbonyl (C=O) groups excluding carboxylic acids is 1. The fourth-order valence-electron chi connectivity index (χ4n) is 9.95. The Labute approximate surface area is 506 Å². The molecular formula is C66H109NO18. The van der Waals surface area contributed by atoms with Crippen molar-refractivity contribution in [1.29, 1.82) is 0 Å². The van der Waals surface area contributed by atoms with Crippen LogP contribution in [0, 0.1) is 0 Å². The average molecular weight is 1200 g/mol. The van der Waals surface area contributed by atoms with E-state index in [1.807, 2.05) is 0 Å². The molecule has 12 N–H and O–H groups in total. The first-order valence-corrected chi connectivity index (χ1v) is 31.6. The molecule has 0 radical (unpaired) electrons. The van der Waals surface area contributed by atoms with E-state index in [1.54, 1.807) is 0 Å². The molecule has 0 aliphatic carbocycles. The summed E-state index contributed by atoms with van der Waals surface area (Å²) in [6.45, 7) is 1.58. The minimum absolute atomic E-state index is 0.218. The molecule has 17 unspecified atom stereocenters. The predicted molar refractivity (Wildman–Crippen MR) is 327 cm³/mol. The topological polar surface area (TPSA) is 307 Å². The Balaban J connectivity index is 1.41. The van der Waals surface area contributed by atoms with Crippen molar-refractivity contribution in [2.24, 2.45) is 0 Å². The molecule has 3 rings (SSSR count). The van der Waals surface area contributed by atoms with Gasteiger partial charge in [-0.25, -0.2) is 0 Å². The van der Waals surface area contributed by atoms with Crippen LogP contribution >= 0.6 is 0 Å². The first-order chi connectivity index (χ1) is 41.3. The third-order valence-corrected chi connectivity index (χ3v) is 15.1. The van der Waals surface area contributed by atoms with Crippen LogP contribution in [0.4, 0.5) is 0 Å². The largest absolute Gasteiger partial charge is 0.394 e. The van der Waals surface area contributed by atoms with Crippen molar-refractivity contribution >= 4 is 5.91 Å². The highest BCUT2D eigenvalue weighted by Gasteiger charge is 2.53. The van der Waals surface area contributed by atoms with Crippen molar-refractivity contribution in [2.45, 2.75) is 272 Å². The van der Waals surface area contributed by atoms with Gasteiger partial charge in [0.25, 0.3) is 0 Å². The number of nitrogens with one attached hydrogen (secondary N) is 1. The first-order valence-electron chi connectivity index (χ1n) is 31.6. The Hall–Kier alpha value is -3.55. The summed E-state index contributed by atoms with van der Waals surface area (Å²) >= 11 is 0. The highest BCUT2D eigenvalue weighted by Crippen LogP contribution is 2.33. The minimum Gasteiger partial charge on any atom is -0.394 e. The van der Waals surface area contributed by atoms with Gasteiger partial charge in [-0.1, -0.05) is 187 Å². The van der Waals surface area contributed by atoms with Gasteiger partial charge < -0.3 is 89.9 Å². The second kappa shape index (κ2) is 47.5. The number of aliphatic hydroxyl groups is 11. The molecule has 3 aliphatic heterocycles. The third kappa shape index (κ3) is 30.5. The van der Waals surface area contributed by atoms with Gasteiger partial charge in [0, 0.05) is 6.42 Å². The van der Waals surface area contributed by atoms with Crippen molar-refractivity contribution in [1.82, 2.24) is 5.32 Å². The van der Waals surface area contributed by atoms with Gasteiger partial charge in [-0.15, -0.1) is 0 Å². The summed E-state index contributed by atoms with van der Waals surface area (Å²) in [6.07, 6.45) is 34.8. The molecule has 0 bridgehead atoms. The zero-order chi connectivity index (χ0) is 61.9. The maximum atomic E-state index is 13.3. The van der Waals surface area contributed by atoms with E-state index >= 15 is 0 Å². The molecule has 0 aromatic rings. The molecule has 3 aliphatic rings. The summed E-state index contributed by atoms with van der Waals surface area (Å²) < 4.78 is 34.2. The monoisotopic (exact) mass is 1200 g/mol. The zero-order valence-electron chi connectivity index (χ0n) is 50.8. The summed E-state index contributed by atoms with van der Waals surface area (Å²) in [5.74, 6) is -0.283. The van der Waals surface area contributed by atoms with E-state index in [4.69, 9.17) is 28.4 Å². The molecule has 1 amide bonds. The number of hydrogen-bond acceptors (Lipinski definition) is 18. The molecule has 0 aromatic heterocycles. The van der Waals surface area contributed by atoms with E-state index in [2.05, 4.69) is 129 Å². The molecular weight excluding hydrogens is 1090 g/mol. The Bertz CT molecular complexity index is 1970. The lowest BCUT2D eigenvalue weighted by atomic mass is 9.96. The van der Waals surface area contributed by atoms with Crippen LogP contribution < -0.4 is 5.32 Å². The molecule has 3 fully saturated rings. The van der Waals surface area contributed by atoms with Gasteiger partial charge in [-0.3, -0.25) is 4.79 Å². The summed E-state index contributed by atoms with van der Waals surface area (Å²) in [4.78, 5) is 13.3. The molecule has 3 saturated heterocycles. The van der Waals surface area contributed by atoms with Gasteiger partial charge >= 0.3 is 0 Å². The van der Waals surface area contributed by atoms with Crippen molar-refractivity contribution < 1.29 is 89.4 Å². The van der Waals surface area contributed by atoms with E-state index in [0.29, 0.717) is 19.3 Å². The number of amides is 1. The van der Waals surface area contributed by atoms with Crippen LogP contribution in [0.15, 0.2) is 109 Å². The number of carbonyl (C=O) groups is 1.